The van der Waals surface area contributed by atoms with E-state index in [2.05, 4.69) is 15.9 Å². The van der Waals surface area contributed by atoms with Crippen LogP contribution in [-0.2, 0) is 4.79 Å². The number of aliphatic carboxylic acids is 1. The number of hydrogen-bond acceptors (Lipinski definition) is 1. The summed E-state index contributed by atoms with van der Waals surface area (Å²) in [5.41, 5.74) is 1.83. The van der Waals surface area contributed by atoms with Crippen molar-refractivity contribution in [2.45, 2.75) is 0 Å². The lowest BCUT2D eigenvalue weighted by molar-refractivity contribution is -0.130. The standard InChI is InChI=1S/C15H11BrO2/c16-13-8-4-7-12(10-13)14(15(17)18)9-11-5-2-1-3-6-11/h1-10H,(H,17,18). The summed E-state index contributed by atoms with van der Waals surface area (Å²) in [7, 11) is 0. The van der Waals surface area contributed by atoms with E-state index in [0.717, 1.165) is 10.0 Å². The van der Waals surface area contributed by atoms with Crippen molar-refractivity contribution in [1.29, 1.82) is 0 Å². The average Bonchev–Trinajstić information content (AvgIpc) is 2.37. The van der Waals surface area contributed by atoms with Crippen molar-refractivity contribution in [1.82, 2.24) is 0 Å². The summed E-state index contributed by atoms with van der Waals surface area (Å²) in [6, 6.07) is 16.7. The molecule has 0 saturated carbocycles. The molecule has 0 fully saturated rings. The molecule has 2 aromatic carbocycles. The van der Waals surface area contributed by atoms with Crippen LogP contribution in [0, 0.1) is 0 Å². The lowest BCUT2D eigenvalue weighted by Crippen LogP contribution is -1.99. The Kier molecular flexibility index (Phi) is 3.95. The van der Waals surface area contributed by atoms with Gasteiger partial charge < -0.3 is 5.11 Å². The van der Waals surface area contributed by atoms with Crippen molar-refractivity contribution < 1.29 is 9.90 Å². The first-order valence-electron chi connectivity index (χ1n) is 5.43. The van der Waals surface area contributed by atoms with Crippen molar-refractivity contribution in [3.63, 3.8) is 0 Å². The monoisotopic (exact) mass is 302 g/mol. The molecule has 0 heterocycles. The summed E-state index contributed by atoms with van der Waals surface area (Å²) in [5, 5.41) is 9.30. The summed E-state index contributed by atoms with van der Waals surface area (Å²) < 4.78 is 0.861. The van der Waals surface area contributed by atoms with E-state index in [-0.39, 0.29) is 5.57 Å². The van der Waals surface area contributed by atoms with E-state index in [0.29, 0.717) is 5.56 Å². The number of carbonyl (C=O) groups is 1. The molecule has 0 unspecified atom stereocenters. The summed E-state index contributed by atoms with van der Waals surface area (Å²) >= 11 is 3.34. The van der Waals surface area contributed by atoms with E-state index in [4.69, 9.17) is 0 Å². The molecule has 0 aromatic heterocycles. The fourth-order valence-corrected chi connectivity index (χ4v) is 2.04. The first-order valence-corrected chi connectivity index (χ1v) is 6.22. The van der Waals surface area contributed by atoms with Crippen LogP contribution in [0.3, 0.4) is 0 Å². The normalized spacial score (nSPS) is 11.3. The highest BCUT2D eigenvalue weighted by Crippen LogP contribution is 2.21. The minimum atomic E-state index is -0.933. The molecule has 90 valence electrons. The Morgan fingerprint density at radius 2 is 1.78 bits per heavy atom. The van der Waals surface area contributed by atoms with Gasteiger partial charge in [0.15, 0.2) is 0 Å². The molecular formula is C15H11BrO2. The molecule has 0 atom stereocenters. The molecule has 0 aliphatic heterocycles. The molecule has 0 amide bonds. The number of halogens is 1. The Labute approximate surface area is 114 Å². The molecule has 0 aliphatic carbocycles. The SMILES string of the molecule is O=C(O)C(=Cc1ccccc1)c1cccc(Br)c1. The third-order valence-electron chi connectivity index (χ3n) is 2.48. The van der Waals surface area contributed by atoms with E-state index in [9.17, 15) is 9.90 Å². The molecule has 0 aliphatic rings. The first-order chi connectivity index (χ1) is 8.66. The second-order valence-electron chi connectivity index (χ2n) is 3.78. The average molecular weight is 303 g/mol. The number of carboxylic acid groups (broad SMARTS) is 1. The fourth-order valence-electron chi connectivity index (χ4n) is 1.64. The Balaban J connectivity index is 2.47. The maximum Gasteiger partial charge on any atom is 0.336 e. The zero-order valence-corrected chi connectivity index (χ0v) is 11.1. The van der Waals surface area contributed by atoms with Crippen LogP contribution in [0.1, 0.15) is 11.1 Å². The molecule has 3 heteroatoms. The van der Waals surface area contributed by atoms with E-state index >= 15 is 0 Å². The summed E-state index contributed by atoms with van der Waals surface area (Å²) in [5.74, 6) is -0.933. The Hall–Kier alpha value is -1.87. The van der Waals surface area contributed by atoms with E-state index in [1.54, 1.807) is 18.2 Å². The Morgan fingerprint density at radius 1 is 1.06 bits per heavy atom. The van der Waals surface area contributed by atoms with Gasteiger partial charge in [0.25, 0.3) is 0 Å². The molecule has 2 nitrogen and oxygen atoms in total. The van der Waals surface area contributed by atoms with Crippen LogP contribution in [-0.4, -0.2) is 11.1 Å². The van der Waals surface area contributed by atoms with Crippen LogP contribution in [0.15, 0.2) is 59.1 Å². The number of carboxylic acids is 1. The molecule has 0 spiro atoms. The quantitative estimate of drug-likeness (QED) is 0.685. The van der Waals surface area contributed by atoms with Crippen LogP contribution in [0.25, 0.3) is 11.6 Å². The number of hydrogen-bond donors (Lipinski definition) is 1. The van der Waals surface area contributed by atoms with Gasteiger partial charge in [-0.15, -0.1) is 0 Å². The third kappa shape index (κ3) is 3.08. The summed E-state index contributed by atoms with van der Waals surface area (Å²) in [6.45, 7) is 0. The maximum absolute atomic E-state index is 11.3. The van der Waals surface area contributed by atoms with Crippen molar-refractivity contribution in [3.8, 4) is 0 Å². The Morgan fingerprint density at radius 3 is 2.39 bits per heavy atom. The minimum absolute atomic E-state index is 0.280. The maximum atomic E-state index is 11.3. The molecule has 0 bridgehead atoms. The van der Waals surface area contributed by atoms with Gasteiger partial charge in [0, 0.05) is 4.47 Å². The van der Waals surface area contributed by atoms with Crippen LogP contribution >= 0.6 is 15.9 Å². The molecule has 18 heavy (non-hydrogen) atoms. The van der Waals surface area contributed by atoms with Crippen molar-refractivity contribution in [3.05, 3.63) is 70.2 Å². The molecule has 1 N–H and O–H groups in total. The third-order valence-corrected chi connectivity index (χ3v) is 2.97. The predicted octanol–water partition coefficient (Wildman–Crippen LogP) is 4.07. The smallest absolute Gasteiger partial charge is 0.336 e. The highest BCUT2D eigenvalue weighted by molar-refractivity contribution is 9.10. The minimum Gasteiger partial charge on any atom is -0.478 e. The van der Waals surface area contributed by atoms with Crippen molar-refractivity contribution in [2.75, 3.05) is 0 Å². The lowest BCUT2D eigenvalue weighted by Gasteiger charge is -2.03. The topological polar surface area (TPSA) is 37.3 Å². The van der Waals surface area contributed by atoms with E-state index < -0.39 is 5.97 Å². The van der Waals surface area contributed by atoms with Crippen LogP contribution in [0.5, 0.6) is 0 Å². The van der Waals surface area contributed by atoms with Gasteiger partial charge in [0.1, 0.15) is 0 Å². The van der Waals surface area contributed by atoms with Gasteiger partial charge in [0.05, 0.1) is 5.57 Å². The van der Waals surface area contributed by atoms with Gasteiger partial charge in [-0.2, -0.15) is 0 Å². The zero-order chi connectivity index (χ0) is 13.0. The molecule has 0 saturated heterocycles. The van der Waals surface area contributed by atoms with Gasteiger partial charge in [-0.05, 0) is 29.3 Å². The second-order valence-corrected chi connectivity index (χ2v) is 4.70. The zero-order valence-electron chi connectivity index (χ0n) is 9.51. The second kappa shape index (κ2) is 5.65. The van der Waals surface area contributed by atoms with Crippen molar-refractivity contribution in [2.24, 2.45) is 0 Å². The van der Waals surface area contributed by atoms with Crippen molar-refractivity contribution >= 4 is 33.5 Å². The fraction of sp³-hybridized carbons (Fsp3) is 0. The first kappa shape index (κ1) is 12.6. The largest absolute Gasteiger partial charge is 0.478 e. The lowest BCUT2D eigenvalue weighted by atomic mass is 10.0. The van der Waals surface area contributed by atoms with Crippen LogP contribution in [0.2, 0.25) is 0 Å². The highest BCUT2D eigenvalue weighted by atomic mass is 79.9. The summed E-state index contributed by atoms with van der Waals surface area (Å²) in [6.07, 6.45) is 1.67. The molecular weight excluding hydrogens is 292 g/mol. The van der Waals surface area contributed by atoms with Crippen LogP contribution < -0.4 is 0 Å². The number of rotatable bonds is 3. The molecule has 2 aromatic rings. The molecule has 0 radical (unpaired) electrons. The highest BCUT2D eigenvalue weighted by Gasteiger charge is 2.10. The van der Waals surface area contributed by atoms with Gasteiger partial charge in [0.2, 0.25) is 0 Å². The van der Waals surface area contributed by atoms with Gasteiger partial charge in [-0.25, -0.2) is 4.79 Å². The number of benzene rings is 2. The van der Waals surface area contributed by atoms with E-state index in [1.807, 2.05) is 42.5 Å². The van der Waals surface area contributed by atoms with Gasteiger partial charge >= 0.3 is 5.97 Å². The predicted molar refractivity (Wildman–Crippen MR) is 76.1 cm³/mol. The van der Waals surface area contributed by atoms with Gasteiger partial charge in [-0.1, -0.05) is 58.4 Å². The van der Waals surface area contributed by atoms with E-state index in [1.165, 1.54) is 0 Å². The Bertz CT molecular complexity index is 588. The van der Waals surface area contributed by atoms with Crippen LogP contribution in [0.4, 0.5) is 0 Å². The summed E-state index contributed by atoms with van der Waals surface area (Å²) in [4.78, 5) is 11.3. The van der Waals surface area contributed by atoms with Gasteiger partial charge in [-0.3, -0.25) is 0 Å². The molecule has 2 rings (SSSR count).